The van der Waals surface area contributed by atoms with Gasteiger partial charge < -0.3 is 10.2 Å². The molecule has 1 N–H and O–H groups in total. The Hall–Kier alpha value is -3.32. The second kappa shape index (κ2) is 9.04. The van der Waals surface area contributed by atoms with E-state index < -0.39 is 0 Å². The highest BCUT2D eigenvalue weighted by Gasteiger charge is 2.30. The van der Waals surface area contributed by atoms with Crippen LogP contribution in [-0.4, -0.2) is 39.2 Å². The third-order valence-corrected chi connectivity index (χ3v) is 6.22. The predicted octanol–water partition coefficient (Wildman–Crippen LogP) is 3.63. The number of likely N-dealkylation sites (tertiary alicyclic amines) is 1. The van der Waals surface area contributed by atoms with E-state index in [1.165, 1.54) is 4.68 Å². The molecule has 1 aliphatic rings. The van der Waals surface area contributed by atoms with Crippen LogP contribution in [0.1, 0.15) is 28.9 Å². The summed E-state index contributed by atoms with van der Waals surface area (Å²) in [5, 5.41) is 3.40. The van der Waals surface area contributed by atoms with Crippen molar-refractivity contribution in [3.63, 3.8) is 0 Å². The topological polar surface area (TPSA) is 76.3 Å². The van der Waals surface area contributed by atoms with Gasteiger partial charge in [-0.3, -0.25) is 19.1 Å². The van der Waals surface area contributed by atoms with Crippen molar-refractivity contribution in [2.45, 2.75) is 19.8 Å². The first-order chi connectivity index (χ1) is 15.4. The Morgan fingerprint density at radius 1 is 1.06 bits per heavy atom. The van der Waals surface area contributed by atoms with Crippen molar-refractivity contribution >= 4 is 29.1 Å². The Balaban J connectivity index is 1.51. The van der Waals surface area contributed by atoms with Gasteiger partial charge in [0.2, 0.25) is 5.91 Å². The van der Waals surface area contributed by atoms with Crippen molar-refractivity contribution in [2.24, 2.45) is 13.0 Å². The molecule has 1 atom stereocenters. The molecule has 0 saturated carbocycles. The van der Waals surface area contributed by atoms with Crippen LogP contribution in [0.2, 0.25) is 5.02 Å². The van der Waals surface area contributed by atoms with Crippen molar-refractivity contribution in [2.75, 3.05) is 18.4 Å². The van der Waals surface area contributed by atoms with Gasteiger partial charge in [0, 0.05) is 30.7 Å². The number of anilines is 1. The van der Waals surface area contributed by atoms with E-state index >= 15 is 0 Å². The van der Waals surface area contributed by atoms with Gasteiger partial charge in [-0.05, 0) is 56.2 Å². The van der Waals surface area contributed by atoms with Gasteiger partial charge in [-0.25, -0.2) is 4.68 Å². The quantitative estimate of drug-likeness (QED) is 0.656. The number of rotatable bonds is 4. The summed E-state index contributed by atoms with van der Waals surface area (Å²) in [6, 6.07) is 16.0. The number of aromatic nitrogens is 2. The van der Waals surface area contributed by atoms with Crippen LogP contribution < -0.4 is 10.9 Å². The molecule has 2 heterocycles. The number of amides is 2. The van der Waals surface area contributed by atoms with Gasteiger partial charge in [-0.15, -0.1) is 0 Å². The van der Waals surface area contributed by atoms with E-state index in [2.05, 4.69) is 5.32 Å². The molecular weight excluding hydrogens is 428 g/mol. The minimum absolute atomic E-state index is 0.124. The van der Waals surface area contributed by atoms with Gasteiger partial charge in [0.25, 0.3) is 11.5 Å². The average molecular weight is 453 g/mol. The van der Waals surface area contributed by atoms with Gasteiger partial charge in [0.05, 0.1) is 17.3 Å². The molecule has 8 heteroatoms. The number of hydrogen-bond donors (Lipinski definition) is 1. The van der Waals surface area contributed by atoms with E-state index in [0.29, 0.717) is 35.8 Å². The third-order valence-electron chi connectivity index (χ3n) is 5.97. The average Bonchev–Trinajstić information content (AvgIpc) is 3.02. The monoisotopic (exact) mass is 452 g/mol. The highest BCUT2D eigenvalue weighted by molar-refractivity contribution is 6.30. The normalized spacial score (nSPS) is 16.1. The molecule has 3 aromatic rings. The Bertz CT molecular complexity index is 1200. The zero-order valence-electron chi connectivity index (χ0n) is 18.0. The molecule has 1 fully saturated rings. The number of benzene rings is 2. The van der Waals surface area contributed by atoms with Gasteiger partial charge in [-0.1, -0.05) is 29.8 Å². The Kier molecular flexibility index (Phi) is 6.19. The summed E-state index contributed by atoms with van der Waals surface area (Å²) in [4.78, 5) is 40.7. The first kappa shape index (κ1) is 21.9. The van der Waals surface area contributed by atoms with Crippen LogP contribution in [0.5, 0.6) is 0 Å². The summed E-state index contributed by atoms with van der Waals surface area (Å²) < 4.78 is 3.26. The molecule has 1 saturated heterocycles. The third kappa shape index (κ3) is 4.21. The summed E-state index contributed by atoms with van der Waals surface area (Å²) >= 11 is 5.91. The molecule has 0 bridgehead atoms. The molecule has 0 unspecified atom stereocenters. The predicted molar refractivity (Wildman–Crippen MR) is 124 cm³/mol. The van der Waals surface area contributed by atoms with E-state index in [1.807, 2.05) is 30.3 Å². The van der Waals surface area contributed by atoms with Gasteiger partial charge in [0.15, 0.2) is 0 Å². The van der Waals surface area contributed by atoms with Crippen LogP contribution in [0.4, 0.5) is 5.69 Å². The summed E-state index contributed by atoms with van der Waals surface area (Å²) in [6.07, 6.45) is 1.38. The fourth-order valence-corrected chi connectivity index (χ4v) is 4.21. The summed E-state index contributed by atoms with van der Waals surface area (Å²) in [7, 11) is 1.78. The van der Waals surface area contributed by atoms with Crippen molar-refractivity contribution in [3.8, 4) is 5.69 Å². The first-order valence-electron chi connectivity index (χ1n) is 10.6. The maximum absolute atomic E-state index is 13.1. The molecule has 32 heavy (non-hydrogen) atoms. The zero-order valence-corrected chi connectivity index (χ0v) is 18.8. The number of hydrogen-bond acceptors (Lipinski definition) is 3. The van der Waals surface area contributed by atoms with Crippen LogP contribution in [-0.2, 0) is 11.8 Å². The summed E-state index contributed by atoms with van der Waals surface area (Å²) in [6.45, 7) is 2.70. The smallest absolute Gasteiger partial charge is 0.295 e. The molecule has 166 valence electrons. The minimum Gasteiger partial charge on any atom is -0.338 e. The molecule has 0 radical (unpaired) electrons. The molecule has 4 rings (SSSR count). The molecule has 2 amide bonds. The van der Waals surface area contributed by atoms with Gasteiger partial charge >= 0.3 is 0 Å². The van der Waals surface area contributed by atoms with Gasteiger partial charge in [0.1, 0.15) is 5.69 Å². The number of carbonyl (C=O) groups is 2. The fraction of sp³-hybridized carbons (Fsp3) is 0.292. The maximum Gasteiger partial charge on any atom is 0.295 e. The van der Waals surface area contributed by atoms with Crippen molar-refractivity contribution in [1.29, 1.82) is 0 Å². The Morgan fingerprint density at radius 3 is 2.44 bits per heavy atom. The summed E-state index contributed by atoms with van der Waals surface area (Å²) in [5.74, 6) is -0.754. The van der Waals surface area contributed by atoms with Crippen LogP contribution >= 0.6 is 11.6 Å². The lowest BCUT2D eigenvalue weighted by atomic mass is 9.96. The second-order valence-electron chi connectivity index (χ2n) is 8.02. The lowest BCUT2D eigenvalue weighted by Crippen LogP contribution is -2.44. The lowest BCUT2D eigenvalue weighted by Gasteiger charge is -2.32. The molecule has 0 aliphatic carbocycles. The molecule has 7 nitrogen and oxygen atoms in total. The Morgan fingerprint density at radius 2 is 1.75 bits per heavy atom. The van der Waals surface area contributed by atoms with Crippen LogP contribution in [0, 0.1) is 12.8 Å². The number of nitrogens with one attached hydrogen (secondary N) is 1. The highest BCUT2D eigenvalue weighted by atomic mass is 35.5. The van der Waals surface area contributed by atoms with Crippen molar-refractivity contribution < 1.29 is 9.59 Å². The lowest BCUT2D eigenvalue weighted by molar-refractivity contribution is -0.121. The Labute approximate surface area is 191 Å². The molecule has 1 aromatic heterocycles. The van der Waals surface area contributed by atoms with E-state index in [4.69, 9.17) is 11.6 Å². The maximum atomic E-state index is 13.1. The number of carbonyl (C=O) groups excluding carboxylic acids is 2. The molecule has 2 aromatic carbocycles. The van der Waals surface area contributed by atoms with Crippen molar-refractivity contribution in [1.82, 2.24) is 14.3 Å². The minimum atomic E-state index is -0.385. The van der Waals surface area contributed by atoms with E-state index in [9.17, 15) is 14.4 Å². The second-order valence-corrected chi connectivity index (χ2v) is 8.46. The zero-order chi connectivity index (χ0) is 22.8. The number of nitrogens with zero attached hydrogens (tertiary/aromatic N) is 3. The summed E-state index contributed by atoms with van der Waals surface area (Å²) in [5.41, 5.74) is 1.91. The number of para-hydroxylation sites is 1. The van der Waals surface area contributed by atoms with Crippen LogP contribution in [0.25, 0.3) is 5.69 Å². The number of piperidine rings is 1. The van der Waals surface area contributed by atoms with Crippen molar-refractivity contribution in [3.05, 3.63) is 81.2 Å². The largest absolute Gasteiger partial charge is 0.338 e. The van der Waals surface area contributed by atoms with E-state index in [0.717, 1.165) is 12.1 Å². The fourth-order valence-electron chi connectivity index (χ4n) is 4.09. The van der Waals surface area contributed by atoms with E-state index in [1.54, 1.807) is 47.8 Å². The molecule has 0 spiro atoms. The van der Waals surface area contributed by atoms with Gasteiger partial charge in [-0.2, -0.15) is 0 Å². The van der Waals surface area contributed by atoms with E-state index in [-0.39, 0.29) is 29.0 Å². The first-order valence-corrected chi connectivity index (χ1v) is 10.9. The molecular formula is C24H25ClN4O3. The molecule has 1 aliphatic heterocycles. The number of halogens is 1. The van der Waals surface area contributed by atoms with Crippen LogP contribution in [0.3, 0.4) is 0 Å². The standard InChI is InChI=1S/C24H25ClN4O3/c1-16-21(24(32)29(27(16)2)20-8-4-3-5-9-20)26-22(30)18-7-6-14-28(15-18)23(31)17-10-12-19(25)13-11-17/h3-5,8-13,18H,6-7,14-15H2,1-2H3,(H,26,30)/t18-/m1/s1. The highest BCUT2D eigenvalue weighted by Crippen LogP contribution is 2.22. The SMILES string of the molecule is Cc1c(NC(=O)[C@@H]2CCCN(C(=O)c3ccc(Cl)cc3)C2)c(=O)n(-c2ccccc2)n1C. The van der Waals surface area contributed by atoms with Crippen LogP contribution in [0.15, 0.2) is 59.4 Å².